The maximum absolute atomic E-state index is 8.97. The first kappa shape index (κ1) is 11.5. The first-order valence-corrected chi connectivity index (χ1v) is 6.23. The van der Waals surface area contributed by atoms with Gasteiger partial charge in [0.05, 0.1) is 17.8 Å². The third-order valence-corrected chi connectivity index (χ3v) is 3.30. The molecule has 0 aliphatic carbocycles. The minimum absolute atomic E-state index is 0.703. The summed E-state index contributed by atoms with van der Waals surface area (Å²) in [5.74, 6) is 0. The van der Waals surface area contributed by atoms with Gasteiger partial charge >= 0.3 is 0 Å². The van der Waals surface area contributed by atoms with Crippen molar-refractivity contribution in [2.24, 2.45) is 7.05 Å². The maximum atomic E-state index is 8.97. The molecule has 4 nitrogen and oxygen atoms in total. The predicted octanol–water partition coefficient (Wildman–Crippen LogP) is 2.49. The Morgan fingerprint density at radius 1 is 1.32 bits per heavy atom. The molecule has 0 N–H and O–H groups in total. The lowest BCUT2D eigenvalue weighted by atomic mass is 10.2. The highest BCUT2D eigenvalue weighted by Crippen LogP contribution is 2.18. The highest BCUT2D eigenvalue weighted by molar-refractivity contribution is 5.81. The van der Waals surface area contributed by atoms with Crippen molar-refractivity contribution in [2.45, 2.75) is 13.0 Å². The van der Waals surface area contributed by atoms with Gasteiger partial charge < -0.3 is 4.57 Å². The molecule has 0 bridgehead atoms. The van der Waals surface area contributed by atoms with Gasteiger partial charge in [-0.2, -0.15) is 10.4 Å². The molecule has 0 aliphatic rings. The van der Waals surface area contributed by atoms with E-state index in [-0.39, 0.29) is 0 Å². The molecule has 3 rings (SSSR count). The number of hydrogen-bond donors (Lipinski definition) is 0. The Hall–Kier alpha value is -2.54. The van der Waals surface area contributed by atoms with E-state index in [9.17, 15) is 0 Å². The number of hydrogen-bond acceptors (Lipinski definition) is 2. The molecule has 0 saturated heterocycles. The van der Waals surface area contributed by atoms with Crippen molar-refractivity contribution in [3.8, 4) is 6.07 Å². The number of fused-ring (bicyclic) bond motifs is 1. The van der Waals surface area contributed by atoms with Gasteiger partial charge in [0.2, 0.25) is 0 Å². The molecule has 0 amide bonds. The van der Waals surface area contributed by atoms with Crippen molar-refractivity contribution in [3.05, 3.63) is 54.0 Å². The van der Waals surface area contributed by atoms with Crippen LogP contribution in [0.2, 0.25) is 0 Å². The van der Waals surface area contributed by atoms with E-state index in [1.54, 1.807) is 0 Å². The average Bonchev–Trinajstić information content (AvgIpc) is 3.02. The van der Waals surface area contributed by atoms with Gasteiger partial charge in [0.1, 0.15) is 0 Å². The second kappa shape index (κ2) is 4.62. The standard InChI is InChI=1S/C15H14N4/c1-18-11-13(10-17-18)4-6-19-7-5-14-3-2-12(9-16)8-15(14)19/h2-3,5,7-8,10-11H,4,6H2,1H3. The van der Waals surface area contributed by atoms with Crippen LogP contribution in [0.3, 0.4) is 0 Å². The number of rotatable bonds is 3. The Morgan fingerprint density at radius 2 is 2.21 bits per heavy atom. The van der Waals surface area contributed by atoms with Crippen LogP contribution < -0.4 is 0 Å². The molecule has 0 spiro atoms. The summed E-state index contributed by atoms with van der Waals surface area (Å²) in [6.45, 7) is 0.893. The second-order valence-corrected chi connectivity index (χ2v) is 4.67. The van der Waals surface area contributed by atoms with E-state index in [1.165, 1.54) is 10.9 Å². The molecule has 0 saturated carbocycles. The van der Waals surface area contributed by atoms with Crippen LogP contribution in [0, 0.1) is 11.3 Å². The molecule has 19 heavy (non-hydrogen) atoms. The number of aromatic nitrogens is 3. The average molecular weight is 250 g/mol. The van der Waals surface area contributed by atoms with E-state index in [2.05, 4.69) is 28.0 Å². The lowest BCUT2D eigenvalue weighted by molar-refractivity contribution is 0.720. The van der Waals surface area contributed by atoms with Gasteiger partial charge in [-0.25, -0.2) is 0 Å². The van der Waals surface area contributed by atoms with Crippen LogP contribution in [0.15, 0.2) is 42.9 Å². The largest absolute Gasteiger partial charge is 0.347 e. The summed E-state index contributed by atoms with van der Waals surface area (Å²) in [6, 6.07) is 10.1. The van der Waals surface area contributed by atoms with Crippen LogP contribution in [-0.4, -0.2) is 14.3 Å². The number of nitrogens with zero attached hydrogens (tertiary/aromatic N) is 4. The third kappa shape index (κ3) is 2.23. The Balaban J connectivity index is 1.86. The van der Waals surface area contributed by atoms with Crippen LogP contribution in [0.1, 0.15) is 11.1 Å². The van der Waals surface area contributed by atoms with Crippen molar-refractivity contribution in [2.75, 3.05) is 0 Å². The molecule has 3 aromatic rings. The SMILES string of the molecule is Cn1cc(CCn2ccc3ccc(C#N)cc32)cn1. The van der Waals surface area contributed by atoms with Gasteiger partial charge in [-0.1, -0.05) is 6.07 Å². The van der Waals surface area contributed by atoms with E-state index >= 15 is 0 Å². The Bertz CT molecular complexity index is 758. The zero-order chi connectivity index (χ0) is 13.2. The van der Waals surface area contributed by atoms with Crippen LogP contribution in [0.4, 0.5) is 0 Å². The normalized spacial score (nSPS) is 10.7. The van der Waals surface area contributed by atoms with E-state index in [1.807, 2.05) is 42.3 Å². The van der Waals surface area contributed by atoms with Crippen molar-refractivity contribution in [1.82, 2.24) is 14.3 Å². The fourth-order valence-corrected chi connectivity index (χ4v) is 2.30. The van der Waals surface area contributed by atoms with Crippen molar-refractivity contribution >= 4 is 10.9 Å². The van der Waals surface area contributed by atoms with Crippen LogP contribution >= 0.6 is 0 Å². The molecule has 2 aromatic heterocycles. The van der Waals surface area contributed by atoms with Gasteiger partial charge in [0.15, 0.2) is 0 Å². The minimum Gasteiger partial charge on any atom is -0.347 e. The molecule has 94 valence electrons. The molecule has 2 heterocycles. The Kier molecular flexibility index (Phi) is 2.81. The van der Waals surface area contributed by atoms with E-state index < -0.39 is 0 Å². The van der Waals surface area contributed by atoms with Gasteiger partial charge in [0.25, 0.3) is 0 Å². The van der Waals surface area contributed by atoms with E-state index in [4.69, 9.17) is 5.26 Å². The van der Waals surface area contributed by atoms with Crippen LogP contribution in [-0.2, 0) is 20.0 Å². The fraction of sp³-hybridized carbons (Fsp3) is 0.200. The smallest absolute Gasteiger partial charge is 0.0992 e. The van der Waals surface area contributed by atoms with E-state index in [0.29, 0.717) is 5.56 Å². The number of nitriles is 1. The van der Waals surface area contributed by atoms with Gasteiger partial charge in [0, 0.05) is 31.5 Å². The summed E-state index contributed by atoms with van der Waals surface area (Å²) in [6.07, 6.45) is 6.94. The third-order valence-electron chi connectivity index (χ3n) is 3.30. The molecule has 0 fully saturated rings. The highest BCUT2D eigenvalue weighted by Gasteiger charge is 2.03. The monoisotopic (exact) mass is 250 g/mol. The Labute approximate surface area is 111 Å². The van der Waals surface area contributed by atoms with Gasteiger partial charge in [-0.3, -0.25) is 4.68 Å². The highest BCUT2D eigenvalue weighted by atomic mass is 15.2. The molecule has 1 aromatic carbocycles. The minimum atomic E-state index is 0.703. The molecule has 4 heteroatoms. The number of benzene rings is 1. The van der Waals surface area contributed by atoms with E-state index in [0.717, 1.165) is 18.5 Å². The summed E-state index contributed by atoms with van der Waals surface area (Å²) in [4.78, 5) is 0. The van der Waals surface area contributed by atoms with Crippen LogP contribution in [0.5, 0.6) is 0 Å². The summed E-state index contributed by atoms with van der Waals surface area (Å²) in [5.41, 5.74) is 3.04. The van der Waals surface area contributed by atoms with Gasteiger partial charge in [-0.05, 0) is 35.6 Å². The topological polar surface area (TPSA) is 46.5 Å². The quantitative estimate of drug-likeness (QED) is 0.717. The number of aryl methyl sites for hydroxylation is 3. The molecule has 0 atom stereocenters. The molecule has 0 unspecified atom stereocenters. The lowest BCUT2D eigenvalue weighted by Crippen LogP contribution is -1.99. The van der Waals surface area contributed by atoms with Crippen molar-refractivity contribution in [1.29, 1.82) is 5.26 Å². The van der Waals surface area contributed by atoms with Crippen molar-refractivity contribution in [3.63, 3.8) is 0 Å². The molecule has 0 aliphatic heterocycles. The van der Waals surface area contributed by atoms with Crippen LogP contribution in [0.25, 0.3) is 10.9 Å². The molecular weight excluding hydrogens is 236 g/mol. The first-order chi connectivity index (χ1) is 9.26. The maximum Gasteiger partial charge on any atom is 0.0992 e. The molecular formula is C15H14N4. The predicted molar refractivity (Wildman–Crippen MR) is 73.6 cm³/mol. The molecule has 0 radical (unpaired) electrons. The summed E-state index contributed by atoms with van der Waals surface area (Å²) >= 11 is 0. The first-order valence-electron chi connectivity index (χ1n) is 6.23. The Morgan fingerprint density at radius 3 is 2.95 bits per heavy atom. The zero-order valence-corrected chi connectivity index (χ0v) is 10.7. The zero-order valence-electron chi connectivity index (χ0n) is 10.7. The fourth-order valence-electron chi connectivity index (χ4n) is 2.30. The summed E-state index contributed by atoms with van der Waals surface area (Å²) < 4.78 is 4.00. The summed E-state index contributed by atoms with van der Waals surface area (Å²) in [7, 11) is 1.92. The van der Waals surface area contributed by atoms with Gasteiger partial charge in [-0.15, -0.1) is 0 Å². The summed E-state index contributed by atoms with van der Waals surface area (Å²) in [5, 5.41) is 14.3. The van der Waals surface area contributed by atoms with Crippen molar-refractivity contribution < 1.29 is 0 Å². The second-order valence-electron chi connectivity index (χ2n) is 4.67. The lowest BCUT2D eigenvalue weighted by Gasteiger charge is -2.04.